The van der Waals surface area contributed by atoms with Crippen molar-refractivity contribution in [2.24, 2.45) is 0 Å². The maximum absolute atomic E-state index is 5.51. The number of unbranched alkanes of at least 4 members (excludes halogenated alkanes) is 2. The van der Waals surface area contributed by atoms with Crippen molar-refractivity contribution in [2.75, 3.05) is 14.2 Å². The number of hydrogen-bond donors (Lipinski definition) is 0. The van der Waals surface area contributed by atoms with E-state index in [1.165, 1.54) is 24.8 Å². The third kappa shape index (κ3) is 3.78. The number of methoxy groups -OCH3 is 2. The SMILES string of the molecule is CCCCCc1ccc(-c2cccc(OC)c2OC)cc1. The van der Waals surface area contributed by atoms with Gasteiger partial charge in [0.15, 0.2) is 11.5 Å². The van der Waals surface area contributed by atoms with Gasteiger partial charge in [0.25, 0.3) is 0 Å². The summed E-state index contributed by atoms with van der Waals surface area (Å²) in [7, 11) is 3.35. The van der Waals surface area contributed by atoms with E-state index >= 15 is 0 Å². The van der Waals surface area contributed by atoms with E-state index in [0.29, 0.717) is 0 Å². The number of benzene rings is 2. The molecule has 0 bridgehead atoms. The Bertz CT molecular complexity index is 558. The first-order valence-electron chi connectivity index (χ1n) is 7.60. The van der Waals surface area contributed by atoms with Gasteiger partial charge in [0.1, 0.15) is 0 Å². The fourth-order valence-electron chi connectivity index (χ4n) is 2.54. The van der Waals surface area contributed by atoms with Crippen molar-refractivity contribution in [1.82, 2.24) is 0 Å². The summed E-state index contributed by atoms with van der Waals surface area (Å²) in [4.78, 5) is 0. The molecule has 2 aromatic carbocycles. The highest BCUT2D eigenvalue weighted by atomic mass is 16.5. The predicted octanol–water partition coefficient (Wildman–Crippen LogP) is 5.10. The Morgan fingerprint density at radius 3 is 2.24 bits per heavy atom. The second kappa shape index (κ2) is 7.72. The van der Waals surface area contributed by atoms with Gasteiger partial charge in [0.2, 0.25) is 0 Å². The Morgan fingerprint density at radius 2 is 1.62 bits per heavy atom. The minimum atomic E-state index is 0.766. The minimum Gasteiger partial charge on any atom is -0.493 e. The predicted molar refractivity (Wildman–Crippen MR) is 88.2 cm³/mol. The first-order chi connectivity index (χ1) is 10.3. The molecule has 0 radical (unpaired) electrons. The number of aryl methyl sites for hydroxylation is 1. The van der Waals surface area contributed by atoms with Gasteiger partial charge in [-0.2, -0.15) is 0 Å². The molecule has 112 valence electrons. The lowest BCUT2D eigenvalue weighted by Gasteiger charge is -2.13. The van der Waals surface area contributed by atoms with Crippen LogP contribution >= 0.6 is 0 Å². The fourth-order valence-corrected chi connectivity index (χ4v) is 2.54. The highest BCUT2D eigenvalue weighted by Crippen LogP contribution is 2.37. The quantitative estimate of drug-likeness (QED) is 0.658. The third-order valence-corrected chi connectivity index (χ3v) is 3.74. The summed E-state index contributed by atoms with van der Waals surface area (Å²) < 4.78 is 10.9. The molecule has 0 saturated carbocycles. The van der Waals surface area contributed by atoms with Crippen LogP contribution in [0.15, 0.2) is 42.5 Å². The second-order valence-electron chi connectivity index (χ2n) is 5.20. The molecule has 2 rings (SSSR count). The van der Waals surface area contributed by atoms with Crippen LogP contribution in [0.2, 0.25) is 0 Å². The van der Waals surface area contributed by atoms with Gasteiger partial charge in [0.05, 0.1) is 14.2 Å². The van der Waals surface area contributed by atoms with E-state index in [0.717, 1.165) is 29.0 Å². The van der Waals surface area contributed by atoms with E-state index in [4.69, 9.17) is 9.47 Å². The van der Waals surface area contributed by atoms with Crippen LogP contribution in [0.5, 0.6) is 11.5 Å². The van der Waals surface area contributed by atoms with Crippen molar-refractivity contribution >= 4 is 0 Å². The molecule has 0 N–H and O–H groups in total. The van der Waals surface area contributed by atoms with E-state index in [1.807, 2.05) is 12.1 Å². The fraction of sp³-hybridized carbons (Fsp3) is 0.368. The van der Waals surface area contributed by atoms with Crippen molar-refractivity contribution in [3.63, 3.8) is 0 Å². The van der Waals surface area contributed by atoms with Crippen molar-refractivity contribution < 1.29 is 9.47 Å². The van der Waals surface area contributed by atoms with Gasteiger partial charge < -0.3 is 9.47 Å². The molecule has 2 aromatic rings. The summed E-state index contributed by atoms with van der Waals surface area (Å²) in [6.07, 6.45) is 4.98. The van der Waals surface area contributed by atoms with Gasteiger partial charge in [-0.15, -0.1) is 0 Å². The Labute approximate surface area is 127 Å². The van der Waals surface area contributed by atoms with Crippen molar-refractivity contribution in [3.05, 3.63) is 48.0 Å². The van der Waals surface area contributed by atoms with E-state index in [-0.39, 0.29) is 0 Å². The van der Waals surface area contributed by atoms with Gasteiger partial charge in [0, 0.05) is 5.56 Å². The zero-order chi connectivity index (χ0) is 15.1. The van der Waals surface area contributed by atoms with Crippen LogP contribution < -0.4 is 9.47 Å². The summed E-state index contributed by atoms with van der Waals surface area (Å²) in [5.74, 6) is 1.56. The Morgan fingerprint density at radius 1 is 0.857 bits per heavy atom. The molecule has 0 aliphatic heterocycles. The van der Waals surface area contributed by atoms with Crippen LogP contribution in [0.4, 0.5) is 0 Å². The monoisotopic (exact) mass is 284 g/mol. The Balaban J connectivity index is 2.22. The molecule has 0 amide bonds. The summed E-state index contributed by atoms with van der Waals surface area (Å²) in [5.41, 5.74) is 3.62. The van der Waals surface area contributed by atoms with Crippen LogP contribution in [0.3, 0.4) is 0 Å². The highest BCUT2D eigenvalue weighted by molar-refractivity contribution is 5.73. The van der Waals surface area contributed by atoms with Crippen LogP contribution in [-0.2, 0) is 6.42 Å². The zero-order valence-electron chi connectivity index (χ0n) is 13.2. The zero-order valence-corrected chi connectivity index (χ0v) is 13.2. The molecular formula is C19H24O2. The van der Waals surface area contributed by atoms with Crippen molar-refractivity contribution in [3.8, 4) is 22.6 Å². The largest absolute Gasteiger partial charge is 0.493 e. The molecule has 2 nitrogen and oxygen atoms in total. The molecule has 0 saturated heterocycles. The average Bonchev–Trinajstić information content (AvgIpc) is 2.55. The van der Waals surface area contributed by atoms with E-state index < -0.39 is 0 Å². The highest BCUT2D eigenvalue weighted by Gasteiger charge is 2.10. The molecule has 0 aliphatic rings. The molecular weight excluding hydrogens is 260 g/mol. The van der Waals surface area contributed by atoms with Crippen molar-refractivity contribution in [2.45, 2.75) is 32.6 Å². The Hall–Kier alpha value is -1.96. The minimum absolute atomic E-state index is 0.766. The maximum atomic E-state index is 5.51. The van der Waals surface area contributed by atoms with E-state index in [9.17, 15) is 0 Å². The van der Waals surface area contributed by atoms with Crippen LogP contribution in [0.25, 0.3) is 11.1 Å². The maximum Gasteiger partial charge on any atom is 0.168 e. The summed E-state index contributed by atoms with van der Waals surface area (Å²) in [6.45, 7) is 2.23. The van der Waals surface area contributed by atoms with Gasteiger partial charge in [-0.05, 0) is 30.0 Å². The van der Waals surface area contributed by atoms with Crippen LogP contribution in [0.1, 0.15) is 31.7 Å². The van der Waals surface area contributed by atoms with E-state index in [1.54, 1.807) is 14.2 Å². The van der Waals surface area contributed by atoms with Gasteiger partial charge >= 0.3 is 0 Å². The van der Waals surface area contributed by atoms with E-state index in [2.05, 4.69) is 37.3 Å². The number of ether oxygens (including phenoxy) is 2. The van der Waals surface area contributed by atoms with Crippen LogP contribution in [0, 0.1) is 0 Å². The molecule has 21 heavy (non-hydrogen) atoms. The molecule has 0 aromatic heterocycles. The molecule has 0 aliphatic carbocycles. The Kier molecular flexibility index (Phi) is 5.68. The summed E-state index contributed by atoms with van der Waals surface area (Å²) in [5, 5.41) is 0. The molecule has 0 fully saturated rings. The van der Waals surface area contributed by atoms with Crippen molar-refractivity contribution in [1.29, 1.82) is 0 Å². The number of hydrogen-bond acceptors (Lipinski definition) is 2. The number of rotatable bonds is 7. The first kappa shape index (κ1) is 15.4. The summed E-state index contributed by atoms with van der Waals surface area (Å²) >= 11 is 0. The second-order valence-corrected chi connectivity index (χ2v) is 5.20. The smallest absolute Gasteiger partial charge is 0.168 e. The van der Waals surface area contributed by atoms with Gasteiger partial charge in [-0.25, -0.2) is 0 Å². The number of para-hydroxylation sites is 1. The lowest BCUT2D eigenvalue weighted by Crippen LogP contribution is -1.93. The van der Waals surface area contributed by atoms with Gasteiger partial charge in [-0.1, -0.05) is 56.2 Å². The standard InChI is InChI=1S/C19H24O2/c1-4-5-6-8-15-11-13-16(14-12-15)17-9-7-10-18(20-2)19(17)21-3/h7,9-14H,4-6,8H2,1-3H3. The molecule has 0 atom stereocenters. The normalized spacial score (nSPS) is 10.4. The molecule has 0 heterocycles. The first-order valence-corrected chi connectivity index (χ1v) is 7.60. The molecule has 2 heteroatoms. The van der Waals surface area contributed by atoms with Gasteiger partial charge in [-0.3, -0.25) is 0 Å². The lowest BCUT2D eigenvalue weighted by atomic mass is 10.0. The topological polar surface area (TPSA) is 18.5 Å². The lowest BCUT2D eigenvalue weighted by molar-refractivity contribution is 0.356. The van der Waals surface area contributed by atoms with Crippen LogP contribution in [-0.4, -0.2) is 14.2 Å². The molecule has 0 unspecified atom stereocenters. The summed E-state index contributed by atoms with van der Waals surface area (Å²) in [6, 6.07) is 14.7. The average molecular weight is 284 g/mol. The molecule has 0 spiro atoms. The third-order valence-electron chi connectivity index (χ3n) is 3.74.